The van der Waals surface area contributed by atoms with Crippen LogP contribution >= 0.6 is 0 Å². The fourth-order valence-electron chi connectivity index (χ4n) is 5.46. The number of benzene rings is 3. The Morgan fingerprint density at radius 3 is 2.28 bits per heavy atom. The van der Waals surface area contributed by atoms with Crippen LogP contribution in [-0.2, 0) is 11.3 Å². The molecular formula is C37H51N5O5. The smallest absolute Gasteiger partial charge is 0.259 e. The Kier molecular flexibility index (Phi) is 14.5. The van der Waals surface area contributed by atoms with Crippen LogP contribution < -0.4 is 25.8 Å². The molecule has 0 atom stereocenters. The van der Waals surface area contributed by atoms with E-state index in [1.54, 1.807) is 43.5 Å². The molecule has 1 heterocycles. The Hall–Kier alpha value is -3.96. The minimum atomic E-state index is -0.320. The van der Waals surface area contributed by atoms with E-state index >= 15 is 0 Å². The molecule has 1 saturated heterocycles. The number of nitrogens with zero attached hydrogens (tertiary/aromatic N) is 2. The topological polar surface area (TPSA) is 118 Å². The van der Waals surface area contributed by atoms with E-state index in [-0.39, 0.29) is 18.4 Å². The maximum atomic E-state index is 13.4. The van der Waals surface area contributed by atoms with Gasteiger partial charge in [0.05, 0.1) is 31.1 Å². The number of rotatable bonds is 18. The van der Waals surface area contributed by atoms with Gasteiger partial charge in [-0.25, -0.2) is 0 Å². The van der Waals surface area contributed by atoms with E-state index in [2.05, 4.69) is 27.5 Å². The molecule has 47 heavy (non-hydrogen) atoms. The molecule has 0 radical (unpaired) electrons. The third-order valence-electron chi connectivity index (χ3n) is 8.26. The van der Waals surface area contributed by atoms with Gasteiger partial charge in [-0.1, -0.05) is 31.0 Å². The van der Waals surface area contributed by atoms with Crippen molar-refractivity contribution in [2.75, 3.05) is 77.3 Å². The zero-order valence-electron chi connectivity index (χ0n) is 28.2. The van der Waals surface area contributed by atoms with E-state index < -0.39 is 0 Å². The van der Waals surface area contributed by atoms with Crippen LogP contribution in [0.2, 0.25) is 0 Å². The van der Waals surface area contributed by atoms with Crippen molar-refractivity contribution in [3.05, 3.63) is 82.9 Å². The molecule has 3 aromatic rings. The third kappa shape index (κ3) is 11.4. The summed E-state index contributed by atoms with van der Waals surface area (Å²) in [5.41, 5.74) is 9.32. The summed E-state index contributed by atoms with van der Waals surface area (Å²) in [6.45, 7) is 9.54. The highest BCUT2D eigenvalue weighted by Gasteiger charge is 2.17. The van der Waals surface area contributed by atoms with Crippen LogP contribution in [0.3, 0.4) is 0 Å². The van der Waals surface area contributed by atoms with Gasteiger partial charge in [0.15, 0.2) is 0 Å². The normalized spacial score (nSPS) is 13.7. The second-order valence-electron chi connectivity index (χ2n) is 12.1. The first kappa shape index (κ1) is 35.9. The Morgan fingerprint density at radius 1 is 0.787 bits per heavy atom. The molecule has 0 spiro atoms. The lowest BCUT2D eigenvalue weighted by Gasteiger charge is -2.32. The average Bonchev–Trinajstić information content (AvgIpc) is 3.07. The number of nitrogens with two attached hydrogens (primary N) is 1. The highest BCUT2D eigenvalue weighted by Crippen LogP contribution is 2.28. The largest absolute Gasteiger partial charge is 0.493 e. The number of amides is 2. The van der Waals surface area contributed by atoms with E-state index in [1.807, 2.05) is 31.2 Å². The second kappa shape index (κ2) is 19.0. The molecule has 0 saturated carbocycles. The van der Waals surface area contributed by atoms with Gasteiger partial charge in [-0.2, -0.15) is 0 Å². The SMILES string of the molecule is COCc1cc(C(=O)Nc2ccc(C)cc2OCCCCCCN2CCN(C)CC2)ccc1NC(=O)c1ccccc1OCCCN. The molecule has 1 fully saturated rings. The maximum Gasteiger partial charge on any atom is 0.259 e. The summed E-state index contributed by atoms with van der Waals surface area (Å²) in [4.78, 5) is 31.6. The molecule has 0 aromatic heterocycles. The van der Waals surface area contributed by atoms with Crippen molar-refractivity contribution in [2.45, 2.75) is 45.6 Å². The quantitative estimate of drug-likeness (QED) is 0.154. The van der Waals surface area contributed by atoms with Gasteiger partial charge in [0, 0.05) is 50.1 Å². The summed E-state index contributed by atoms with van der Waals surface area (Å²) in [5, 5.41) is 5.97. The summed E-state index contributed by atoms with van der Waals surface area (Å²) in [6.07, 6.45) is 5.15. The van der Waals surface area contributed by atoms with Gasteiger partial charge in [0.25, 0.3) is 11.8 Å². The number of nitrogens with one attached hydrogen (secondary N) is 2. The van der Waals surface area contributed by atoms with Crippen molar-refractivity contribution in [1.29, 1.82) is 0 Å². The summed E-state index contributed by atoms with van der Waals surface area (Å²) in [6, 6.07) is 18.0. The molecule has 254 valence electrons. The molecule has 1 aliphatic rings. The van der Waals surface area contributed by atoms with Gasteiger partial charge < -0.3 is 40.4 Å². The Balaban J connectivity index is 1.33. The zero-order valence-corrected chi connectivity index (χ0v) is 28.2. The summed E-state index contributed by atoms with van der Waals surface area (Å²) < 4.78 is 17.3. The van der Waals surface area contributed by atoms with Crippen LogP contribution in [0, 0.1) is 6.92 Å². The van der Waals surface area contributed by atoms with Crippen molar-refractivity contribution in [1.82, 2.24) is 9.80 Å². The number of carbonyl (C=O) groups excluding carboxylic acids is 2. The molecule has 0 aliphatic carbocycles. The van der Waals surface area contributed by atoms with E-state index in [1.165, 1.54) is 19.4 Å². The van der Waals surface area contributed by atoms with Gasteiger partial charge in [0.1, 0.15) is 11.5 Å². The predicted octanol–water partition coefficient (Wildman–Crippen LogP) is 5.56. The number of aryl methyl sites for hydroxylation is 1. The first-order chi connectivity index (χ1) is 22.9. The molecule has 1 aliphatic heterocycles. The van der Waals surface area contributed by atoms with Gasteiger partial charge in [-0.05, 0) is 94.4 Å². The number of hydrogen-bond acceptors (Lipinski definition) is 8. The van der Waals surface area contributed by atoms with Crippen LogP contribution in [0.5, 0.6) is 11.5 Å². The molecular weight excluding hydrogens is 594 g/mol. The maximum absolute atomic E-state index is 13.4. The number of unbranched alkanes of at least 4 members (excludes halogenated alkanes) is 3. The van der Waals surface area contributed by atoms with Gasteiger partial charge in [-0.15, -0.1) is 0 Å². The predicted molar refractivity (Wildman–Crippen MR) is 188 cm³/mol. The highest BCUT2D eigenvalue weighted by molar-refractivity contribution is 6.08. The molecule has 0 bridgehead atoms. The van der Waals surface area contributed by atoms with E-state index in [0.29, 0.717) is 65.7 Å². The van der Waals surface area contributed by atoms with Crippen molar-refractivity contribution in [3.8, 4) is 11.5 Å². The summed E-state index contributed by atoms with van der Waals surface area (Å²) >= 11 is 0. The summed E-state index contributed by atoms with van der Waals surface area (Å²) in [7, 11) is 3.76. The monoisotopic (exact) mass is 645 g/mol. The van der Waals surface area contributed by atoms with Crippen molar-refractivity contribution < 1.29 is 23.8 Å². The lowest BCUT2D eigenvalue weighted by Crippen LogP contribution is -2.44. The van der Waals surface area contributed by atoms with Crippen LogP contribution in [0.1, 0.15) is 63.9 Å². The molecule has 10 heteroatoms. The number of ether oxygens (including phenoxy) is 3. The number of para-hydroxylation sites is 1. The van der Waals surface area contributed by atoms with E-state index in [4.69, 9.17) is 19.9 Å². The van der Waals surface area contributed by atoms with Gasteiger partial charge in [-0.3, -0.25) is 9.59 Å². The first-order valence-corrected chi connectivity index (χ1v) is 16.7. The molecule has 10 nitrogen and oxygen atoms in total. The lowest BCUT2D eigenvalue weighted by molar-refractivity contribution is 0.101. The summed E-state index contributed by atoms with van der Waals surface area (Å²) in [5.74, 6) is 0.542. The number of carbonyl (C=O) groups is 2. The van der Waals surface area contributed by atoms with Crippen LogP contribution in [0.25, 0.3) is 0 Å². The second-order valence-corrected chi connectivity index (χ2v) is 12.1. The number of piperazine rings is 1. The van der Waals surface area contributed by atoms with Crippen molar-refractivity contribution >= 4 is 23.2 Å². The Bertz CT molecular complexity index is 1440. The standard InChI is InChI=1S/C37H51N5O5/c1-28-13-15-33(35(25-28)47-23-9-5-4-8-18-42-21-19-41(2)20-22-42)40-36(43)29-14-16-32(30(26-29)27-45-3)39-37(44)31-11-6-7-12-34(31)46-24-10-17-38/h6-7,11-16,25-26H,4-5,8-10,17-24,27,38H2,1-3H3,(H,39,44)(H,40,43). The number of anilines is 2. The Morgan fingerprint density at radius 2 is 1.49 bits per heavy atom. The Labute approximate surface area is 279 Å². The molecule has 0 unspecified atom stereocenters. The van der Waals surface area contributed by atoms with Gasteiger partial charge >= 0.3 is 0 Å². The molecule has 2 amide bonds. The molecule has 4 N–H and O–H groups in total. The average molecular weight is 646 g/mol. The highest BCUT2D eigenvalue weighted by atomic mass is 16.5. The van der Waals surface area contributed by atoms with Crippen molar-refractivity contribution in [3.63, 3.8) is 0 Å². The minimum Gasteiger partial charge on any atom is -0.493 e. The van der Waals surface area contributed by atoms with Crippen LogP contribution in [0.4, 0.5) is 11.4 Å². The fourth-order valence-corrected chi connectivity index (χ4v) is 5.46. The zero-order chi connectivity index (χ0) is 33.4. The third-order valence-corrected chi connectivity index (χ3v) is 8.26. The molecule has 4 rings (SSSR count). The minimum absolute atomic E-state index is 0.208. The van der Waals surface area contributed by atoms with E-state index in [0.717, 1.165) is 44.6 Å². The number of methoxy groups -OCH3 is 1. The molecule has 3 aromatic carbocycles. The fraction of sp³-hybridized carbons (Fsp3) is 0.459. The van der Waals surface area contributed by atoms with Crippen LogP contribution in [-0.4, -0.2) is 88.3 Å². The number of likely N-dealkylation sites (N-methyl/N-ethyl adjacent to an activating group) is 1. The van der Waals surface area contributed by atoms with Crippen LogP contribution in [0.15, 0.2) is 60.7 Å². The van der Waals surface area contributed by atoms with E-state index in [9.17, 15) is 9.59 Å². The first-order valence-electron chi connectivity index (χ1n) is 16.7. The number of hydrogen-bond donors (Lipinski definition) is 3. The lowest BCUT2D eigenvalue weighted by atomic mass is 10.1. The van der Waals surface area contributed by atoms with Gasteiger partial charge in [0.2, 0.25) is 0 Å². The van der Waals surface area contributed by atoms with Crippen molar-refractivity contribution in [2.24, 2.45) is 5.73 Å².